The van der Waals surface area contributed by atoms with Crippen molar-refractivity contribution in [1.82, 2.24) is 5.32 Å². The molecule has 86 valence electrons. The molecule has 1 N–H and O–H groups in total. The van der Waals surface area contributed by atoms with Crippen LogP contribution in [-0.4, -0.2) is 19.7 Å². The van der Waals surface area contributed by atoms with Gasteiger partial charge in [-0.25, -0.2) is 0 Å². The molecule has 0 aromatic heterocycles. The van der Waals surface area contributed by atoms with Gasteiger partial charge in [0.05, 0.1) is 0 Å². The Morgan fingerprint density at radius 3 is 2.94 bits per heavy atom. The first-order chi connectivity index (χ1) is 7.83. The summed E-state index contributed by atoms with van der Waals surface area (Å²) in [4.78, 5) is 0. The molecule has 0 aliphatic carbocycles. The van der Waals surface area contributed by atoms with Gasteiger partial charge in [0, 0.05) is 19.5 Å². The normalized spacial score (nSPS) is 9.38. The van der Waals surface area contributed by atoms with Crippen molar-refractivity contribution in [1.29, 1.82) is 0 Å². The Labute approximate surface area is 98.0 Å². The van der Waals surface area contributed by atoms with Crippen molar-refractivity contribution in [3.05, 3.63) is 29.8 Å². The molecule has 0 heterocycles. The maximum absolute atomic E-state index is 5.59. The van der Waals surface area contributed by atoms with Crippen molar-refractivity contribution < 1.29 is 4.74 Å². The van der Waals surface area contributed by atoms with Crippen molar-refractivity contribution in [2.75, 3.05) is 19.7 Å². The van der Waals surface area contributed by atoms with Gasteiger partial charge in [-0.3, -0.25) is 0 Å². The van der Waals surface area contributed by atoms with E-state index in [-0.39, 0.29) is 0 Å². The van der Waals surface area contributed by atoms with Crippen LogP contribution in [0.5, 0.6) is 5.75 Å². The van der Waals surface area contributed by atoms with Crippen LogP contribution in [0, 0.1) is 18.8 Å². The first kappa shape index (κ1) is 12.6. The number of hydrogen-bond donors (Lipinski definition) is 1. The molecule has 1 aromatic carbocycles. The van der Waals surface area contributed by atoms with E-state index in [4.69, 9.17) is 4.74 Å². The molecule has 0 aliphatic heterocycles. The average Bonchev–Trinajstić information content (AvgIpc) is 2.28. The number of benzene rings is 1. The Bertz CT molecular complexity index is 362. The molecule has 0 fully saturated rings. The Balaban J connectivity index is 2.08. The maximum atomic E-state index is 5.59. The van der Waals surface area contributed by atoms with Crippen LogP contribution in [0.1, 0.15) is 18.9 Å². The van der Waals surface area contributed by atoms with Crippen molar-refractivity contribution in [2.24, 2.45) is 0 Å². The monoisotopic (exact) mass is 217 g/mol. The Kier molecular flexibility index (Phi) is 6.13. The molecule has 0 unspecified atom stereocenters. The summed E-state index contributed by atoms with van der Waals surface area (Å²) in [5.74, 6) is 6.82. The zero-order valence-corrected chi connectivity index (χ0v) is 10.0. The highest BCUT2D eigenvalue weighted by Crippen LogP contribution is 2.11. The molecule has 0 saturated carbocycles. The third kappa shape index (κ3) is 5.43. The summed E-state index contributed by atoms with van der Waals surface area (Å²) in [6.07, 6.45) is 0.904. The van der Waals surface area contributed by atoms with Crippen LogP contribution in [0.15, 0.2) is 24.3 Å². The number of aryl methyl sites for hydroxylation is 1. The second kappa shape index (κ2) is 7.78. The van der Waals surface area contributed by atoms with Crippen LogP contribution in [0.3, 0.4) is 0 Å². The third-order valence-corrected chi connectivity index (χ3v) is 2.14. The fraction of sp³-hybridized carbons (Fsp3) is 0.429. The van der Waals surface area contributed by atoms with Gasteiger partial charge in [0.25, 0.3) is 0 Å². The molecule has 2 nitrogen and oxygen atoms in total. The molecule has 1 aromatic rings. The summed E-state index contributed by atoms with van der Waals surface area (Å²) in [5.41, 5.74) is 1.23. The Hall–Kier alpha value is -1.46. The van der Waals surface area contributed by atoms with Crippen molar-refractivity contribution >= 4 is 0 Å². The Morgan fingerprint density at radius 2 is 2.19 bits per heavy atom. The molecule has 0 radical (unpaired) electrons. The second-order valence-corrected chi connectivity index (χ2v) is 3.59. The lowest BCUT2D eigenvalue weighted by atomic mass is 10.2. The highest BCUT2D eigenvalue weighted by atomic mass is 16.5. The standard InChI is InChI=1S/C14H19NO/c1-3-4-5-9-15-10-11-16-14-8-6-7-13(2)12-14/h6-8,12,15H,5,9-11H2,1-2H3. The summed E-state index contributed by atoms with van der Waals surface area (Å²) in [5, 5.41) is 3.28. The highest BCUT2D eigenvalue weighted by Gasteiger charge is 1.93. The largest absolute Gasteiger partial charge is 0.492 e. The van der Waals surface area contributed by atoms with Gasteiger partial charge in [-0.1, -0.05) is 12.1 Å². The minimum atomic E-state index is 0.697. The summed E-state index contributed by atoms with van der Waals surface area (Å²) >= 11 is 0. The van der Waals surface area contributed by atoms with Crippen molar-refractivity contribution in [2.45, 2.75) is 20.3 Å². The summed E-state index contributed by atoms with van der Waals surface area (Å²) < 4.78 is 5.59. The summed E-state index contributed by atoms with van der Waals surface area (Å²) in [7, 11) is 0. The molecule has 0 aliphatic rings. The van der Waals surface area contributed by atoms with Crippen molar-refractivity contribution in [3.63, 3.8) is 0 Å². The van der Waals surface area contributed by atoms with Gasteiger partial charge in [0.2, 0.25) is 0 Å². The van der Waals surface area contributed by atoms with Gasteiger partial charge in [-0.2, -0.15) is 0 Å². The summed E-state index contributed by atoms with van der Waals surface area (Å²) in [6.45, 7) is 6.41. The lowest BCUT2D eigenvalue weighted by Gasteiger charge is -2.07. The predicted octanol–water partition coefficient (Wildman–Crippen LogP) is 2.38. The van der Waals surface area contributed by atoms with E-state index in [1.807, 2.05) is 25.1 Å². The van der Waals surface area contributed by atoms with E-state index in [9.17, 15) is 0 Å². The average molecular weight is 217 g/mol. The van der Waals surface area contributed by atoms with E-state index in [1.54, 1.807) is 0 Å². The van der Waals surface area contributed by atoms with Gasteiger partial charge < -0.3 is 10.1 Å². The smallest absolute Gasteiger partial charge is 0.119 e. The van der Waals surface area contributed by atoms with Gasteiger partial charge in [-0.05, 0) is 31.5 Å². The topological polar surface area (TPSA) is 21.3 Å². The van der Waals surface area contributed by atoms with E-state index < -0.39 is 0 Å². The van der Waals surface area contributed by atoms with Crippen LogP contribution in [-0.2, 0) is 0 Å². The molecular weight excluding hydrogens is 198 g/mol. The fourth-order valence-electron chi connectivity index (χ4n) is 1.35. The van der Waals surface area contributed by atoms with Crippen LogP contribution >= 0.6 is 0 Å². The van der Waals surface area contributed by atoms with Crippen LogP contribution < -0.4 is 10.1 Å². The molecule has 0 amide bonds. The Morgan fingerprint density at radius 1 is 1.31 bits per heavy atom. The molecule has 16 heavy (non-hydrogen) atoms. The zero-order valence-electron chi connectivity index (χ0n) is 10.0. The maximum Gasteiger partial charge on any atom is 0.119 e. The molecule has 0 atom stereocenters. The number of hydrogen-bond acceptors (Lipinski definition) is 2. The lowest BCUT2D eigenvalue weighted by Crippen LogP contribution is -2.21. The first-order valence-electron chi connectivity index (χ1n) is 5.62. The third-order valence-electron chi connectivity index (χ3n) is 2.14. The summed E-state index contributed by atoms with van der Waals surface area (Å²) in [6, 6.07) is 8.10. The minimum Gasteiger partial charge on any atom is -0.492 e. The quantitative estimate of drug-likeness (QED) is 0.583. The lowest BCUT2D eigenvalue weighted by molar-refractivity contribution is 0.314. The van der Waals surface area contributed by atoms with E-state index in [2.05, 4.69) is 30.1 Å². The number of rotatable bonds is 6. The van der Waals surface area contributed by atoms with Gasteiger partial charge >= 0.3 is 0 Å². The van der Waals surface area contributed by atoms with E-state index in [1.165, 1.54) is 5.56 Å². The second-order valence-electron chi connectivity index (χ2n) is 3.59. The minimum absolute atomic E-state index is 0.697. The number of ether oxygens (including phenoxy) is 1. The highest BCUT2D eigenvalue weighted by molar-refractivity contribution is 5.27. The van der Waals surface area contributed by atoms with Gasteiger partial charge in [0.1, 0.15) is 12.4 Å². The van der Waals surface area contributed by atoms with Crippen LogP contribution in [0.2, 0.25) is 0 Å². The van der Waals surface area contributed by atoms with Crippen LogP contribution in [0.25, 0.3) is 0 Å². The molecule has 0 spiro atoms. The SMILES string of the molecule is CC#CCCNCCOc1cccc(C)c1. The molecule has 0 saturated heterocycles. The van der Waals surface area contributed by atoms with E-state index in [0.717, 1.165) is 25.3 Å². The van der Waals surface area contributed by atoms with E-state index >= 15 is 0 Å². The molecule has 2 heteroatoms. The zero-order chi connectivity index (χ0) is 11.6. The number of nitrogens with one attached hydrogen (secondary N) is 1. The van der Waals surface area contributed by atoms with Gasteiger partial charge in [0.15, 0.2) is 0 Å². The van der Waals surface area contributed by atoms with Gasteiger partial charge in [-0.15, -0.1) is 11.8 Å². The predicted molar refractivity (Wildman–Crippen MR) is 67.6 cm³/mol. The first-order valence-corrected chi connectivity index (χ1v) is 5.62. The fourth-order valence-corrected chi connectivity index (χ4v) is 1.35. The van der Waals surface area contributed by atoms with Crippen molar-refractivity contribution in [3.8, 4) is 17.6 Å². The molecule has 0 bridgehead atoms. The molecular formula is C14H19NO. The van der Waals surface area contributed by atoms with E-state index in [0.29, 0.717) is 6.61 Å². The molecule has 1 rings (SSSR count). The van der Waals surface area contributed by atoms with Crippen LogP contribution in [0.4, 0.5) is 0 Å².